The van der Waals surface area contributed by atoms with E-state index in [0.29, 0.717) is 35.4 Å². The second-order valence-corrected chi connectivity index (χ2v) is 10.3. The first-order valence-electron chi connectivity index (χ1n) is 9.13. The van der Waals surface area contributed by atoms with Crippen molar-refractivity contribution in [2.75, 3.05) is 13.7 Å². The van der Waals surface area contributed by atoms with E-state index in [4.69, 9.17) is 14.2 Å². The third kappa shape index (κ3) is 4.01. The van der Waals surface area contributed by atoms with Crippen LogP contribution in [0.2, 0.25) is 0 Å². The highest BCUT2D eigenvalue weighted by atomic mass is 32.2. The van der Waals surface area contributed by atoms with Gasteiger partial charge < -0.3 is 9.26 Å². The van der Waals surface area contributed by atoms with E-state index in [1.165, 1.54) is 11.8 Å². The molecule has 3 heterocycles. The summed E-state index contributed by atoms with van der Waals surface area (Å²) in [4.78, 5) is 24.4. The van der Waals surface area contributed by atoms with Crippen molar-refractivity contribution in [3.8, 4) is 0 Å². The van der Waals surface area contributed by atoms with Gasteiger partial charge in [-0.1, -0.05) is 37.7 Å². The Labute approximate surface area is 172 Å². The van der Waals surface area contributed by atoms with E-state index in [1.807, 2.05) is 41.5 Å². The molecule has 9 heteroatoms. The van der Waals surface area contributed by atoms with Crippen LogP contribution < -0.4 is 5.56 Å². The van der Waals surface area contributed by atoms with Gasteiger partial charge in [0.2, 0.25) is 5.89 Å². The van der Waals surface area contributed by atoms with Gasteiger partial charge in [-0.2, -0.15) is 4.98 Å². The second kappa shape index (κ2) is 7.96. The summed E-state index contributed by atoms with van der Waals surface area (Å²) in [5.74, 6) is 1.20. The number of rotatable bonds is 6. The topological polar surface area (TPSA) is 83.0 Å². The summed E-state index contributed by atoms with van der Waals surface area (Å²) >= 11 is 3.00. The minimum Gasteiger partial charge on any atom is -0.383 e. The average molecular weight is 423 g/mol. The SMILES string of the molecule is COCCn1c(SC(C)c2nc(C(C)(C)C)no2)nc2sc(C)c(C)c2c1=O. The van der Waals surface area contributed by atoms with Gasteiger partial charge in [0.15, 0.2) is 11.0 Å². The zero-order valence-electron chi connectivity index (χ0n) is 17.3. The van der Waals surface area contributed by atoms with Crippen LogP contribution in [0.3, 0.4) is 0 Å². The lowest BCUT2D eigenvalue weighted by molar-refractivity contribution is 0.183. The molecule has 0 aliphatic carbocycles. The van der Waals surface area contributed by atoms with E-state index in [-0.39, 0.29) is 16.2 Å². The monoisotopic (exact) mass is 422 g/mol. The minimum absolute atomic E-state index is 0.0282. The molecule has 0 fully saturated rings. The largest absolute Gasteiger partial charge is 0.383 e. The second-order valence-electron chi connectivity index (χ2n) is 7.77. The molecule has 0 saturated carbocycles. The normalized spacial score (nSPS) is 13.4. The Balaban J connectivity index is 2.01. The van der Waals surface area contributed by atoms with Crippen molar-refractivity contribution in [3.05, 3.63) is 32.5 Å². The average Bonchev–Trinajstić information content (AvgIpc) is 3.20. The van der Waals surface area contributed by atoms with Crippen molar-refractivity contribution in [2.24, 2.45) is 0 Å². The Morgan fingerprint density at radius 2 is 2.00 bits per heavy atom. The van der Waals surface area contributed by atoms with Crippen LogP contribution in [-0.2, 0) is 16.7 Å². The Bertz CT molecular complexity index is 1050. The fourth-order valence-corrected chi connectivity index (χ4v) is 4.73. The van der Waals surface area contributed by atoms with Crippen molar-refractivity contribution in [1.29, 1.82) is 0 Å². The summed E-state index contributed by atoms with van der Waals surface area (Å²) in [5.41, 5.74) is 0.787. The van der Waals surface area contributed by atoms with Crippen molar-refractivity contribution < 1.29 is 9.26 Å². The summed E-state index contributed by atoms with van der Waals surface area (Å²) in [7, 11) is 1.62. The molecule has 0 aromatic carbocycles. The molecule has 152 valence electrons. The molecule has 0 aliphatic rings. The van der Waals surface area contributed by atoms with Gasteiger partial charge in [0.05, 0.1) is 23.8 Å². The smallest absolute Gasteiger partial charge is 0.263 e. The highest BCUT2D eigenvalue weighted by Crippen LogP contribution is 2.35. The number of ether oxygens (including phenoxy) is 1. The first kappa shape index (κ1) is 21.0. The third-order valence-corrected chi connectivity index (χ3v) is 6.69. The van der Waals surface area contributed by atoms with Crippen molar-refractivity contribution >= 4 is 33.3 Å². The first-order valence-corrected chi connectivity index (χ1v) is 10.8. The molecule has 1 atom stereocenters. The zero-order valence-corrected chi connectivity index (χ0v) is 19.0. The molecule has 0 radical (unpaired) electrons. The van der Waals surface area contributed by atoms with Crippen LogP contribution in [0.1, 0.15) is 55.1 Å². The van der Waals surface area contributed by atoms with E-state index < -0.39 is 0 Å². The number of nitrogens with zero attached hydrogens (tertiary/aromatic N) is 4. The number of thiophene rings is 1. The predicted octanol–water partition coefficient (Wildman–Crippen LogP) is 4.26. The number of hydrogen-bond acceptors (Lipinski definition) is 8. The van der Waals surface area contributed by atoms with E-state index in [0.717, 1.165) is 15.3 Å². The molecule has 0 saturated heterocycles. The molecule has 1 unspecified atom stereocenters. The lowest BCUT2D eigenvalue weighted by Gasteiger charge is -2.14. The summed E-state index contributed by atoms with van der Waals surface area (Å²) in [5, 5.41) is 5.30. The number of fused-ring (bicyclic) bond motifs is 1. The highest BCUT2D eigenvalue weighted by Gasteiger charge is 2.25. The van der Waals surface area contributed by atoms with Crippen molar-refractivity contribution in [3.63, 3.8) is 0 Å². The van der Waals surface area contributed by atoms with E-state index in [2.05, 4.69) is 10.1 Å². The summed E-state index contributed by atoms with van der Waals surface area (Å²) < 4.78 is 12.4. The van der Waals surface area contributed by atoms with Crippen LogP contribution in [0.25, 0.3) is 10.2 Å². The molecule has 0 amide bonds. The number of methoxy groups -OCH3 is 1. The maximum absolute atomic E-state index is 13.2. The van der Waals surface area contributed by atoms with Gasteiger partial charge in [0.25, 0.3) is 5.56 Å². The summed E-state index contributed by atoms with van der Waals surface area (Å²) in [6.07, 6.45) is 0. The van der Waals surface area contributed by atoms with Gasteiger partial charge in [-0.25, -0.2) is 4.98 Å². The molecule has 7 nitrogen and oxygen atoms in total. The van der Waals surface area contributed by atoms with Gasteiger partial charge in [-0.05, 0) is 26.3 Å². The standard InChI is InChI=1S/C19H26N4O3S2/c1-10-11(2)27-15-13(10)16(24)23(8-9-25-7)18(21-15)28-12(3)14-20-17(22-26-14)19(4,5)6/h12H,8-9H2,1-7H3. The van der Waals surface area contributed by atoms with Gasteiger partial charge in [-0.3, -0.25) is 9.36 Å². The molecular formula is C19H26N4O3S2. The number of aryl methyl sites for hydroxylation is 2. The fourth-order valence-electron chi connectivity index (χ4n) is 2.69. The third-order valence-electron chi connectivity index (χ3n) is 4.52. The molecule has 3 aromatic heterocycles. The van der Waals surface area contributed by atoms with Crippen molar-refractivity contribution in [2.45, 2.75) is 63.9 Å². The lowest BCUT2D eigenvalue weighted by atomic mass is 9.96. The van der Waals surface area contributed by atoms with Crippen LogP contribution in [0, 0.1) is 13.8 Å². The Hall–Kier alpha value is -1.71. The van der Waals surface area contributed by atoms with Crippen LogP contribution in [0.15, 0.2) is 14.5 Å². The summed E-state index contributed by atoms with van der Waals surface area (Å²) in [6, 6.07) is 0. The van der Waals surface area contributed by atoms with Crippen LogP contribution >= 0.6 is 23.1 Å². The molecular weight excluding hydrogens is 396 g/mol. The first-order chi connectivity index (χ1) is 13.1. The van der Waals surface area contributed by atoms with E-state index in [9.17, 15) is 4.79 Å². The molecule has 0 spiro atoms. The molecule has 28 heavy (non-hydrogen) atoms. The van der Waals surface area contributed by atoms with Crippen LogP contribution in [0.5, 0.6) is 0 Å². The highest BCUT2D eigenvalue weighted by molar-refractivity contribution is 7.99. The van der Waals surface area contributed by atoms with Gasteiger partial charge in [0.1, 0.15) is 4.83 Å². The van der Waals surface area contributed by atoms with Gasteiger partial charge in [-0.15, -0.1) is 11.3 Å². The van der Waals surface area contributed by atoms with Crippen molar-refractivity contribution in [1.82, 2.24) is 19.7 Å². The maximum atomic E-state index is 13.2. The van der Waals surface area contributed by atoms with Crippen LogP contribution in [0.4, 0.5) is 0 Å². The molecule has 0 bridgehead atoms. The lowest BCUT2D eigenvalue weighted by Crippen LogP contribution is -2.25. The quantitative estimate of drug-likeness (QED) is 0.434. The Morgan fingerprint density at radius 1 is 1.29 bits per heavy atom. The van der Waals surface area contributed by atoms with Gasteiger partial charge in [0, 0.05) is 17.4 Å². The van der Waals surface area contributed by atoms with Gasteiger partial charge >= 0.3 is 0 Å². The molecule has 3 aromatic rings. The Morgan fingerprint density at radius 3 is 2.61 bits per heavy atom. The van der Waals surface area contributed by atoms with E-state index in [1.54, 1.807) is 23.0 Å². The minimum atomic E-state index is -0.185. The van der Waals surface area contributed by atoms with Crippen LogP contribution in [-0.4, -0.2) is 33.4 Å². The Kier molecular flexibility index (Phi) is 5.97. The number of hydrogen-bond donors (Lipinski definition) is 0. The number of aromatic nitrogens is 4. The van der Waals surface area contributed by atoms with E-state index >= 15 is 0 Å². The molecule has 0 aliphatic heterocycles. The molecule has 0 N–H and O–H groups in total. The number of thioether (sulfide) groups is 1. The fraction of sp³-hybridized carbons (Fsp3) is 0.579. The zero-order chi connectivity index (χ0) is 20.6. The predicted molar refractivity (Wildman–Crippen MR) is 113 cm³/mol. The maximum Gasteiger partial charge on any atom is 0.263 e. The molecule has 3 rings (SSSR count). The summed E-state index contributed by atoms with van der Waals surface area (Å²) in [6.45, 7) is 13.0.